The van der Waals surface area contributed by atoms with Gasteiger partial charge in [-0.25, -0.2) is 5.01 Å². The highest BCUT2D eigenvalue weighted by Gasteiger charge is 2.39. The van der Waals surface area contributed by atoms with Crippen molar-refractivity contribution in [1.82, 2.24) is 15.3 Å². The van der Waals surface area contributed by atoms with Gasteiger partial charge in [0.25, 0.3) is 0 Å². The zero-order valence-electron chi connectivity index (χ0n) is 10.3. The van der Waals surface area contributed by atoms with Gasteiger partial charge in [0.05, 0.1) is 6.04 Å². The molecular formula is C13H23N3. The number of piperidine rings is 1. The minimum Gasteiger partial charge on any atom is -0.317 e. The van der Waals surface area contributed by atoms with Gasteiger partial charge in [-0.05, 0) is 57.7 Å². The van der Waals surface area contributed by atoms with Gasteiger partial charge in [-0.2, -0.15) is 0 Å². The van der Waals surface area contributed by atoms with Crippen LogP contribution in [0.5, 0.6) is 0 Å². The Balaban J connectivity index is 1.76. The minimum atomic E-state index is 0.753. The highest BCUT2D eigenvalue weighted by atomic mass is 15.7. The van der Waals surface area contributed by atoms with Crippen LogP contribution in [0.3, 0.4) is 0 Å². The maximum atomic E-state index is 3.47. The molecule has 2 aliphatic heterocycles. The molecule has 0 aromatic carbocycles. The van der Waals surface area contributed by atoms with Gasteiger partial charge in [0.1, 0.15) is 0 Å². The van der Waals surface area contributed by atoms with Crippen LogP contribution in [-0.2, 0) is 0 Å². The van der Waals surface area contributed by atoms with Crippen LogP contribution in [0.25, 0.3) is 0 Å². The molecule has 0 spiro atoms. The molecule has 1 saturated carbocycles. The second-order valence-corrected chi connectivity index (χ2v) is 5.23. The Labute approximate surface area is 98.5 Å². The van der Waals surface area contributed by atoms with E-state index in [0.717, 1.165) is 18.6 Å². The molecule has 1 N–H and O–H groups in total. The highest BCUT2D eigenvalue weighted by Crippen LogP contribution is 2.38. The molecule has 3 aliphatic rings. The molecule has 3 rings (SSSR count). The molecule has 0 amide bonds. The van der Waals surface area contributed by atoms with E-state index in [9.17, 15) is 0 Å². The topological polar surface area (TPSA) is 18.5 Å². The molecule has 0 bridgehead atoms. The predicted molar refractivity (Wildman–Crippen MR) is 65.8 cm³/mol. The van der Waals surface area contributed by atoms with Crippen molar-refractivity contribution in [3.05, 3.63) is 11.8 Å². The fourth-order valence-corrected chi connectivity index (χ4v) is 3.53. The Bertz CT molecular complexity index is 281. The summed E-state index contributed by atoms with van der Waals surface area (Å²) in [5, 5.41) is 8.65. The molecule has 16 heavy (non-hydrogen) atoms. The van der Waals surface area contributed by atoms with Gasteiger partial charge in [0, 0.05) is 18.8 Å². The monoisotopic (exact) mass is 221 g/mol. The van der Waals surface area contributed by atoms with E-state index in [1.807, 2.05) is 0 Å². The molecule has 1 unspecified atom stereocenters. The van der Waals surface area contributed by atoms with Gasteiger partial charge >= 0.3 is 0 Å². The van der Waals surface area contributed by atoms with E-state index in [0.29, 0.717) is 0 Å². The molecule has 2 heterocycles. The molecule has 90 valence electrons. The number of rotatable bonds is 2. The van der Waals surface area contributed by atoms with Gasteiger partial charge in [0.2, 0.25) is 0 Å². The zero-order chi connectivity index (χ0) is 11.0. The van der Waals surface area contributed by atoms with Crippen LogP contribution in [0.1, 0.15) is 39.0 Å². The lowest BCUT2D eigenvalue weighted by atomic mass is 10.0. The number of nitrogens with one attached hydrogen (secondary N) is 1. The Morgan fingerprint density at radius 2 is 2.12 bits per heavy atom. The van der Waals surface area contributed by atoms with Crippen molar-refractivity contribution in [3.63, 3.8) is 0 Å². The van der Waals surface area contributed by atoms with Gasteiger partial charge < -0.3 is 10.3 Å². The SMILES string of the molecule is CCN1C=C2CCCC2N1C1CCNCC1. The molecule has 0 aromatic heterocycles. The van der Waals surface area contributed by atoms with E-state index in [2.05, 4.69) is 28.5 Å². The average Bonchev–Trinajstić information content (AvgIpc) is 2.89. The van der Waals surface area contributed by atoms with Crippen molar-refractivity contribution >= 4 is 0 Å². The van der Waals surface area contributed by atoms with Crippen molar-refractivity contribution in [2.45, 2.75) is 51.1 Å². The maximum Gasteiger partial charge on any atom is 0.0523 e. The quantitative estimate of drug-likeness (QED) is 0.766. The number of hydrogen-bond donors (Lipinski definition) is 1. The Kier molecular flexibility index (Phi) is 2.90. The second kappa shape index (κ2) is 4.38. The summed E-state index contributed by atoms with van der Waals surface area (Å²) in [6.07, 6.45) is 9.17. The van der Waals surface area contributed by atoms with E-state index in [1.165, 1.54) is 45.2 Å². The Hall–Kier alpha value is -0.540. The van der Waals surface area contributed by atoms with Gasteiger partial charge in [-0.15, -0.1) is 0 Å². The molecule has 0 radical (unpaired) electrons. The number of hydrogen-bond acceptors (Lipinski definition) is 3. The predicted octanol–water partition coefficient (Wildman–Crippen LogP) is 1.73. The van der Waals surface area contributed by atoms with Crippen molar-refractivity contribution in [1.29, 1.82) is 0 Å². The summed E-state index contributed by atoms with van der Waals surface area (Å²) in [7, 11) is 0. The maximum absolute atomic E-state index is 3.47. The Morgan fingerprint density at radius 1 is 1.31 bits per heavy atom. The third-order valence-corrected chi connectivity index (χ3v) is 4.31. The van der Waals surface area contributed by atoms with Crippen molar-refractivity contribution in [3.8, 4) is 0 Å². The van der Waals surface area contributed by atoms with E-state index in [4.69, 9.17) is 0 Å². The van der Waals surface area contributed by atoms with Crippen LogP contribution in [0.2, 0.25) is 0 Å². The third-order valence-electron chi connectivity index (χ3n) is 4.31. The smallest absolute Gasteiger partial charge is 0.0523 e. The van der Waals surface area contributed by atoms with Crippen LogP contribution in [0, 0.1) is 0 Å². The average molecular weight is 221 g/mol. The van der Waals surface area contributed by atoms with Crippen LogP contribution in [0.4, 0.5) is 0 Å². The lowest BCUT2D eigenvalue weighted by Crippen LogP contribution is -2.51. The second-order valence-electron chi connectivity index (χ2n) is 5.23. The first kappa shape index (κ1) is 10.6. The van der Waals surface area contributed by atoms with E-state index in [-0.39, 0.29) is 0 Å². The molecule has 1 aliphatic carbocycles. The van der Waals surface area contributed by atoms with Crippen molar-refractivity contribution < 1.29 is 0 Å². The first-order valence-electron chi connectivity index (χ1n) is 6.86. The van der Waals surface area contributed by atoms with Crippen LogP contribution < -0.4 is 5.32 Å². The summed E-state index contributed by atoms with van der Waals surface area (Å²) in [5.74, 6) is 0. The molecule has 1 atom stereocenters. The number of fused-ring (bicyclic) bond motifs is 1. The minimum absolute atomic E-state index is 0.753. The number of nitrogens with zero attached hydrogens (tertiary/aromatic N) is 2. The fraction of sp³-hybridized carbons (Fsp3) is 0.846. The van der Waals surface area contributed by atoms with Crippen molar-refractivity contribution in [2.24, 2.45) is 0 Å². The largest absolute Gasteiger partial charge is 0.317 e. The molecule has 3 heteroatoms. The van der Waals surface area contributed by atoms with E-state index >= 15 is 0 Å². The third kappa shape index (κ3) is 1.66. The molecule has 1 saturated heterocycles. The summed E-state index contributed by atoms with van der Waals surface area (Å²) in [4.78, 5) is 0. The van der Waals surface area contributed by atoms with E-state index < -0.39 is 0 Å². The lowest BCUT2D eigenvalue weighted by Gasteiger charge is -2.41. The first-order valence-corrected chi connectivity index (χ1v) is 6.86. The van der Waals surface area contributed by atoms with E-state index in [1.54, 1.807) is 5.57 Å². The fourth-order valence-electron chi connectivity index (χ4n) is 3.53. The van der Waals surface area contributed by atoms with Crippen LogP contribution >= 0.6 is 0 Å². The standard InChI is InChI=1S/C13H23N3/c1-2-15-10-11-4-3-5-13(11)16(15)12-6-8-14-9-7-12/h10,12-14H,2-9H2,1H3. The lowest BCUT2D eigenvalue weighted by molar-refractivity contribution is -0.0343. The first-order chi connectivity index (χ1) is 7.90. The molecular weight excluding hydrogens is 198 g/mol. The summed E-state index contributed by atoms with van der Waals surface area (Å²) in [6.45, 7) is 5.79. The molecule has 3 nitrogen and oxygen atoms in total. The van der Waals surface area contributed by atoms with Gasteiger partial charge in [-0.1, -0.05) is 0 Å². The highest BCUT2D eigenvalue weighted by molar-refractivity contribution is 5.20. The van der Waals surface area contributed by atoms with Crippen LogP contribution in [0.15, 0.2) is 11.8 Å². The van der Waals surface area contributed by atoms with Gasteiger partial charge in [-0.3, -0.25) is 0 Å². The van der Waals surface area contributed by atoms with Crippen LogP contribution in [-0.4, -0.2) is 41.7 Å². The molecule has 2 fully saturated rings. The number of hydrazine groups is 1. The van der Waals surface area contributed by atoms with Crippen molar-refractivity contribution in [2.75, 3.05) is 19.6 Å². The molecule has 0 aromatic rings. The summed E-state index contributed by atoms with van der Waals surface area (Å²) < 4.78 is 0. The Morgan fingerprint density at radius 3 is 2.88 bits per heavy atom. The normalized spacial score (nSPS) is 31.9. The van der Waals surface area contributed by atoms with Gasteiger partial charge in [0.15, 0.2) is 0 Å². The summed E-state index contributed by atoms with van der Waals surface area (Å²) in [5.41, 5.74) is 1.69. The summed E-state index contributed by atoms with van der Waals surface area (Å²) in [6, 6.07) is 1.53. The summed E-state index contributed by atoms with van der Waals surface area (Å²) >= 11 is 0. The zero-order valence-corrected chi connectivity index (χ0v) is 10.3.